The van der Waals surface area contributed by atoms with Gasteiger partial charge in [-0.15, -0.1) is 0 Å². The number of nitrogens with one attached hydrogen (secondary N) is 1. The number of phenolic OH excluding ortho intramolecular Hbond substituents is 1. The number of aromatic nitrogens is 2. The first-order chi connectivity index (χ1) is 15.7. The number of nitrogens with two attached hydrogens (primary N) is 1. The number of hydrogen-bond acceptors (Lipinski definition) is 5. The molecule has 1 aliphatic carbocycles. The van der Waals surface area contributed by atoms with E-state index < -0.39 is 40.4 Å². The maximum atomic E-state index is 14.4. The summed E-state index contributed by atoms with van der Waals surface area (Å²) in [5.74, 6) is -4.17. The van der Waals surface area contributed by atoms with Crippen LogP contribution in [0.15, 0.2) is 42.7 Å². The summed E-state index contributed by atoms with van der Waals surface area (Å²) in [4.78, 5) is 20.9. The number of rotatable bonds is 4. The summed E-state index contributed by atoms with van der Waals surface area (Å²) < 4.78 is 42.9. The predicted molar refractivity (Wildman–Crippen MR) is 117 cm³/mol. The molecule has 0 aliphatic heterocycles. The fraction of sp³-hybridized carbons (Fsp3) is 0.292. The normalized spacial score (nSPS) is 20.5. The fourth-order valence-corrected chi connectivity index (χ4v) is 4.49. The number of phenols is 1. The van der Waals surface area contributed by atoms with Crippen molar-refractivity contribution in [3.05, 3.63) is 71.4 Å². The van der Waals surface area contributed by atoms with Gasteiger partial charge in [-0.25, -0.2) is 18.2 Å². The summed E-state index contributed by atoms with van der Waals surface area (Å²) in [5.41, 5.74) is 5.88. The summed E-state index contributed by atoms with van der Waals surface area (Å²) in [5, 5.41) is 12.1. The van der Waals surface area contributed by atoms with Gasteiger partial charge in [0.1, 0.15) is 34.6 Å². The Bertz CT molecular complexity index is 1170. The molecule has 0 unspecified atom stereocenters. The molecule has 2 heterocycles. The minimum Gasteiger partial charge on any atom is -0.508 e. The number of carbonyl (C=O) groups is 1. The zero-order valence-electron chi connectivity index (χ0n) is 17.9. The standard InChI is InChI=1S/C24H23F3N4O2/c1-12-6-13(8-14(28)7-12)16-4-5-29-11-21(16)31-24(33)20-3-2-17(25)23(30-20)22-18(26)9-15(32)10-19(22)27/h2-5,9-14,32H,6-8,28H2,1H3,(H,31,33)/t12-,13+,14-/m0/s1. The molecule has 1 fully saturated rings. The van der Waals surface area contributed by atoms with Crippen LogP contribution in [0.3, 0.4) is 0 Å². The minimum absolute atomic E-state index is 0.0619. The van der Waals surface area contributed by atoms with Crippen LogP contribution in [0.1, 0.15) is 48.2 Å². The zero-order valence-corrected chi connectivity index (χ0v) is 17.9. The third-order valence-corrected chi connectivity index (χ3v) is 5.86. The Hall–Kier alpha value is -3.46. The second-order valence-corrected chi connectivity index (χ2v) is 8.50. The summed E-state index contributed by atoms with van der Waals surface area (Å²) in [7, 11) is 0. The van der Waals surface area contributed by atoms with Gasteiger partial charge in [0, 0.05) is 24.4 Å². The number of nitrogens with zero attached hydrogens (tertiary/aromatic N) is 2. The molecule has 33 heavy (non-hydrogen) atoms. The van der Waals surface area contributed by atoms with E-state index in [2.05, 4.69) is 22.2 Å². The van der Waals surface area contributed by atoms with E-state index in [-0.39, 0.29) is 17.7 Å². The maximum Gasteiger partial charge on any atom is 0.274 e. The van der Waals surface area contributed by atoms with Crippen LogP contribution in [0.4, 0.5) is 18.9 Å². The summed E-state index contributed by atoms with van der Waals surface area (Å²) >= 11 is 0. The Morgan fingerprint density at radius 1 is 1.09 bits per heavy atom. The Kier molecular flexibility index (Phi) is 6.33. The molecule has 1 saturated carbocycles. The van der Waals surface area contributed by atoms with E-state index in [1.807, 2.05) is 6.07 Å². The third kappa shape index (κ3) is 4.83. The molecule has 2 aromatic heterocycles. The molecule has 0 spiro atoms. The maximum absolute atomic E-state index is 14.4. The van der Waals surface area contributed by atoms with E-state index in [1.54, 1.807) is 6.20 Å². The van der Waals surface area contributed by atoms with Crippen LogP contribution in [-0.2, 0) is 0 Å². The first-order valence-corrected chi connectivity index (χ1v) is 10.6. The van der Waals surface area contributed by atoms with Crippen LogP contribution in [0.5, 0.6) is 5.75 Å². The lowest BCUT2D eigenvalue weighted by atomic mass is 9.76. The van der Waals surface area contributed by atoms with Crippen LogP contribution in [-0.4, -0.2) is 27.0 Å². The van der Waals surface area contributed by atoms with Crippen molar-refractivity contribution in [2.24, 2.45) is 11.7 Å². The number of halogens is 3. The van der Waals surface area contributed by atoms with E-state index in [1.165, 1.54) is 6.20 Å². The number of hydrogen-bond donors (Lipinski definition) is 3. The van der Waals surface area contributed by atoms with Crippen molar-refractivity contribution in [3.8, 4) is 17.0 Å². The quantitative estimate of drug-likeness (QED) is 0.526. The highest BCUT2D eigenvalue weighted by atomic mass is 19.1. The average molecular weight is 456 g/mol. The molecular formula is C24H23F3N4O2. The summed E-state index contributed by atoms with van der Waals surface area (Å²) in [6.07, 6.45) is 5.78. The van der Waals surface area contributed by atoms with Crippen molar-refractivity contribution in [1.82, 2.24) is 9.97 Å². The highest BCUT2D eigenvalue weighted by molar-refractivity contribution is 6.03. The number of benzene rings is 1. The van der Waals surface area contributed by atoms with Crippen LogP contribution in [0.25, 0.3) is 11.3 Å². The van der Waals surface area contributed by atoms with Gasteiger partial charge in [0.15, 0.2) is 0 Å². The van der Waals surface area contributed by atoms with Crippen LogP contribution in [0, 0.1) is 23.4 Å². The Morgan fingerprint density at radius 2 is 1.82 bits per heavy atom. The molecule has 4 rings (SSSR count). The average Bonchev–Trinajstić information content (AvgIpc) is 2.74. The van der Waals surface area contributed by atoms with Crippen molar-refractivity contribution in [3.63, 3.8) is 0 Å². The van der Waals surface area contributed by atoms with Gasteiger partial charge >= 0.3 is 0 Å². The lowest BCUT2D eigenvalue weighted by molar-refractivity contribution is 0.102. The molecule has 3 aromatic rings. The largest absolute Gasteiger partial charge is 0.508 e. The first-order valence-electron chi connectivity index (χ1n) is 10.6. The van der Waals surface area contributed by atoms with Gasteiger partial charge in [-0.1, -0.05) is 6.92 Å². The van der Waals surface area contributed by atoms with Crippen molar-refractivity contribution < 1.29 is 23.1 Å². The van der Waals surface area contributed by atoms with Gasteiger partial charge < -0.3 is 16.2 Å². The molecular weight excluding hydrogens is 433 g/mol. The van der Waals surface area contributed by atoms with E-state index in [4.69, 9.17) is 5.73 Å². The van der Waals surface area contributed by atoms with Crippen molar-refractivity contribution in [2.45, 2.75) is 38.1 Å². The molecule has 6 nitrogen and oxygen atoms in total. The zero-order chi connectivity index (χ0) is 23.7. The molecule has 9 heteroatoms. The van der Waals surface area contributed by atoms with Crippen molar-refractivity contribution in [2.75, 3.05) is 5.32 Å². The number of carbonyl (C=O) groups excluding carboxylic acids is 1. The van der Waals surface area contributed by atoms with Gasteiger partial charge in [-0.2, -0.15) is 0 Å². The van der Waals surface area contributed by atoms with Crippen molar-refractivity contribution >= 4 is 11.6 Å². The van der Waals surface area contributed by atoms with Gasteiger partial charge in [0.2, 0.25) is 0 Å². The molecule has 1 aliphatic rings. The minimum atomic E-state index is -1.20. The fourth-order valence-electron chi connectivity index (χ4n) is 4.49. The number of amides is 1. The first kappa shape index (κ1) is 22.7. The lowest BCUT2D eigenvalue weighted by Gasteiger charge is -2.32. The van der Waals surface area contributed by atoms with Crippen molar-refractivity contribution in [1.29, 1.82) is 0 Å². The topological polar surface area (TPSA) is 101 Å². The Labute approximate surface area is 188 Å². The molecule has 1 aromatic carbocycles. The predicted octanol–water partition coefficient (Wildman–Crippen LogP) is 4.75. The third-order valence-electron chi connectivity index (χ3n) is 5.86. The Balaban J connectivity index is 1.64. The SMILES string of the molecule is C[C@@H]1C[C@H](N)C[C@H](c2ccncc2NC(=O)c2ccc(F)c(-c3c(F)cc(O)cc3F)n2)C1. The van der Waals surface area contributed by atoms with E-state index >= 15 is 0 Å². The van der Waals surface area contributed by atoms with Crippen LogP contribution in [0.2, 0.25) is 0 Å². The summed E-state index contributed by atoms with van der Waals surface area (Å²) in [6.45, 7) is 2.14. The molecule has 4 N–H and O–H groups in total. The van der Waals surface area contributed by atoms with E-state index in [0.29, 0.717) is 23.7 Å². The molecule has 0 saturated heterocycles. The molecule has 0 bridgehead atoms. The highest BCUT2D eigenvalue weighted by Crippen LogP contribution is 2.38. The van der Waals surface area contributed by atoms with Gasteiger partial charge in [0.05, 0.1) is 17.4 Å². The second kappa shape index (κ2) is 9.19. The highest BCUT2D eigenvalue weighted by Gasteiger charge is 2.28. The molecule has 3 atom stereocenters. The van der Waals surface area contributed by atoms with Gasteiger partial charge in [0.25, 0.3) is 5.91 Å². The summed E-state index contributed by atoms with van der Waals surface area (Å²) in [6, 6.07) is 5.21. The van der Waals surface area contributed by atoms with Gasteiger partial charge in [-0.3, -0.25) is 9.78 Å². The number of aromatic hydroxyl groups is 1. The van der Waals surface area contributed by atoms with E-state index in [9.17, 15) is 23.1 Å². The molecule has 0 radical (unpaired) electrons. The Morgan fingerprint density at radius 3 is 2.52 bits per heavy atom. The monoisotopic (exact) mass is 456 g/mol. The molecule has 1 amide bonds. The second-order valence-electron chi connectivity index (χ2n) is 8.50. The number of anilines is 1. The molecule has 172 valence electrons. The van der Waals surface area contributed by atoms with Crippen LogP contribution >= 0.6 is 0 Å². The van der Waals surface area contributed by atoms with Crippen LogP contribution < -0.4 is 11.1 Å². The lowest BCUT2D eigenvalue weighted by Crippen LogP contribution is -2.31. The number of pyridine rings is 2. The van der Waals surface area contributed by atoms with E-state index in [0.717, 1.165) is 37.0 Å². The van der Waals surface area contributed by atoms with Gasteiger partial charge in [-0.05, 0) is 54.9 Å². The smallest absolute Gasteiger partial charge is 0.274 e.